The maximum atomic E-state index is 12.8. The predicted molar refractivity (Wildman–Crippen MR) is 111 cm³/mol. The summed E-state index contributed by atoms with van der Waals surface area (Å²) in [6.07, 6.45) is 1.91. The lowest BCUT2D eigenvalue weighted by Gasteiger charge is -2.34. The minimum absolute atomic E-state index is 0.00766. The number of piperidine rings is 1. The standard InChI is InChI=1S/C24H27NO4/c1-2-17(23(26)27)16-8-7-13-25(14-16)24(28)29-15-22-20-11-5-3-9-18(20)19-10-4-6-12-21(19)22/h3-6,9-12,16-17,22H,2,7-8,13-15H2,1H3,(H,26,27). The maximum absolute atomic E-state index is 12.8. The van der Waals surface area contributed by atoms with Crippen molar-refractivity contribution in [3.63, 3.8) is 0 Å². The van der Waals surface area contributed by atoms with Crippen molar-refractivity contribution in [3.8, 4) is 11.1 Å². The fraction of sp³-hybridized carbons (Fsp3) is 0.417. The van der Waals surface area contributed by atoms with Crippen LogP contribution in [-0.2, 0) is 9.53 Å². The summed E-state index contributed by atoms with van der Waals surface area (Å²) in [5.74, 6) is -1.15. The zero-order valence-electron chi connectivity index (χ0n) is 16.7. The number of amides is 1. The normalized spacial score (nSPS) is 19.3. The molecule has 1 heterocycles. The summed E-state index contributed by atoms with van der Waals surface area (Å²) in [5, 5.41) is 9.45. The Bertz CT molecular complexity index is 864. The Morgan fingerprint density at radius 2 is 1.72 bits per heavy atom. The van der Waals surface area contributed by atoms with E-state index in [1.165, 1.54) is 22.3 Å². The summed E-state index contributed by atoms with van der Waals surface area (Å²) >= 11 is 0. The first-order valence-corrected chi connectivity index (χ1v) is 10.4. The molecule has 1 saturated heterocycles. The first-order valence-electron chi connectivity index (χ1n) is 10.4. The van der Waals surface area contributed by atoms with E-state index >= 15 is 0 Å². The number of ether oxygens (including phenoxy) is 1. The highest BCUT2D eigenvalue weighted by molar-refractivity contribution is 5.79. The fourth-order valence-electron chi connectivity index (χ4n) is 4.90. The zero-order valence-corrected chi connectivity index (χ0v) is 16.7. The molecule has 152 valence electrons. The van der Waals surface area contributed by atoms with Crippen molar-refractivity contribution in [1.82, 2.24) is 4.90 Å². The molecule has 29 heavy (non-hydrogen) atoms. The second-order valence-electron chi connectivity index (χ2n) is 8.01. The van der Waals surface area contributed by atoms with Crippen LogP contribution in [-0.4, -0.2) is 41.8 Å². The van der Waals surface area contributed by atoms with Crippen molar-refractivity contribution >= 4 is 12.1 Å². The van der Waals surface area contributed by atoms with Gasteiger partial charge in [0, 0.05) is 19.0 Å². The van der Waals surface area contributed by atoms with E-state index in [0.717, 1.165) is 12.8 Å². The van der Waals surface area contributed by atoms with Crippen LogP contribution in [0.5, 0.6) is 0 Å². The third kappa shape index (κ3) is 3.74. The summed E-state index contributed by atoms with van der Waals surface area (Å²) in [4.78, 5) is 26.0. The van der Waals surface area contributed by atoms with E-state index in [9.17, 15) is 14.7 Å². The Kier molecular flexibility index (Phi) is 5.56. The average molecular weight is 393 g/mol. The molecule has 1 amide bonds. The van der Waals surface area contributed by atoms with E-state index < -0.39 is 11.9 Å². The van der Waals surface area contributed by atoms with Gasteiger partial charge in [-0.3, -0.25) is 4.79 Å². The van der Waals surface area contributed by atoms with Gasteiger partial charge in [-0.2, -0.15) is 0 Å². The summed E-state index contributed by atoms with van der Waals surface area (Å²) < 4.78 is 5.74. The average Bonchev–Trinajstić information content (AvgIpc) is 3.06. The van der Waals surface area contributed by atoms with Crippen LogP contribution in [0.4, 0.5) is 4.79 Å². The lowest BCUT2D eigenvalue weighted by molar-refractivity contribution is -0.144. The number of carbonyl (C=O) groups is 2. The Hall–Kier alpha value is -2.82. The SMILES string of the molecule is CCC(C(=O)O)C1CCCN(C(=O)OCC2c3ccccc3-c3ccccc32)C1. The highest BCUT2D eigenvalue weighted by Crippen LogP contribution is 2.44. The van der Waals surface area contributed by atoms with Crippen molar-refractivity contribution in [2.24, 2.45) is 11.8 Å². The van der Waals surface area contributed by atoms with Gasteiger partial charge in [-0.25, -0.2) is 4.79 Å². The Labute approximate surface area is 171 Å². The van der Waals surface area contributed by atoms with Gasteiger partial charge in [0.25, 0.3) is 0 Å². The van der Waals surface area contributed by atoms with E-state index in [4.69, 9.17) is 4.74 Å². The number of rotatable bonds is 5. The van der Waals surface area contributed by atoms with Crippen LogP contribution in [0, 0.1) is 11.8 Å². The number of carboxylic acids is 1. The molecule has 4 rings (SSSR count). The number of carboxylic acid groups (broad SMARTS) is 1. The summed E-state index contributed by atoms with van der Waals surface area (Å²) in [7, 11) is 0. The molecule has 1 N–H and O–H groups in total. The molecular weight excluding hydrogens is 366 g/mol. The topological polar surface area (TPSA) is 66.8 Å². The summed E-state index contributed by atoms with van der Waals surface area (Å²) in [6.45, 7) is 3.28. The number of hydrogen-bond donors (Lipinski definition) is 1. The molecule has 0 aromatic heterocycles. The summed E-state index contributed by atoms with van der Waals surface area (Å²) in [5.41, 5.74) is 4.79. The molecule has 1 fully saturated rings. The molecule has 1 aliphatic carbocycles. The zero-order chi connectivity index (χ0) is 20.4. The van der Waals surface area contributed by atoms with Gasteiger partial charge < -0.3 is 14.7 Å². The molecule has 5 nitrogen and oxygen atoms in total. The number of hydrogen-bond acceptors (Lipinski definition) is 3. The Morgan fingerprint density at radius 3 is 2.31 bits per heavy atom. The monoisotopic (exact) mass is 393 g/mol. The van der Waals surface area contributed by atoms with Crippen LogP contribution in [0.3, 0.4) is 0 Å². The van der Waals surface area contributed by atoms with Crippen LogP contribution in [0.2, 0.25) is 0 Å². The molecule has 0 saturated carbocycles. The highest BCUT2D eigenvalue weighted by Gasteiger charge is 2.34. The molecule has 1 aliphatic heterocycles. The number of nitrogens with zero attached hydrogens (tertiary/aromatic N) is 1. The lowest BCUT2D eigenvalue weighted by atomic mass is 9.84. The van der Waals surface area contributed by atoms with Crippen LogP contribution >= 0.6 is 0 Å². The number of fused-ring (bicyclic) bond motifs is 3. The van der Waals surface area contributed by atoms with Gasteiger partial charge in [0.2, 0.25) is 0 Å². The third-order valence-corrected chi connectivity index (χ3v) is 6.38. The smallest absolute Gasteiger partial charge is 0.409 e. The molecule has 2 aromatic rings. The van der Waals surface area contributed by atoms with Crippen LogP contribution in [0.25, 0.3) is 11.1 Å². The molecular formula is C24H27NO4. The first-order chi connectivity index (χ1) is 14.1. The van der Waals surface area contributed by atoms with Crippen LogP contribution < -0.4 is 0 Å². The van der Waals surface area contributed by atoms with Crippen LogP contribution in [0.1, 0.15) is 43.2 Å². The molecule has 0 radical (unpaired) electrons. The lowest BCUT2D eigenvalue weighted by Crippen LogP contribution is -2.44. The minimum Gasteiger partial charge on any atom is -0.481 e. The van der Waals surface area contributed by atoms with Crippen molar-refractivity contribution in [1.29, 1.82) is 0 Å². The van der Waals surface area contributed by atoms with E-state index in [0.29, 0.717) is 26.1 Å². The Morgan fingerprint density at radius 1 is 1.10 bits per heavy atom. The quantitative estimate of drug-likeness (QED) is 0.795. The van der Waals surface area contributed by atoms with Gasteiger partial charge >= 0.3 is 12.1 Å². The fourth-order valence-corrected chi connectivity index (χ4v) is 4.90. The van der Waals surface area contributed by atoms with Crippen molar-refractivity contribution in [2.75, 3.05) is 19.7 Å². The largest absolute Gasteiger partial charge is 0.481 e. The van der Waals surface area contributed by atoms with Gasteiger partial charge in [0.15, 0.2) is 0 Å². The minimum atomic E-state index is -0.771. The van der Waals surface area contributed by atoms with E-state index in [1.54, 1.807) is 4.90 Å². The maximum Gasteiger partial charge on any atom is 0.409 e. The number of aliphatic carboxylic acids is 1. The molecule has 2 atom stereocenters. The Balaban J connectivity index is 1.44. The van der Waals surface area contributed by atoms with Gasteiger partial charge in [0.05, 0.1) is 5.92 Å². The predicted octanol–water partition coefficient (Wildman–Crippen LogP) is 4.76. The molecule has 0 spiro atoms. The van der Waals surface area contributed by atoms with E-state index in [1.807, 2.05) is 31.2 Å². The van der Waals surface area contributed by atoms with E-state index in [-0.39, 0.29) is 17.9 Å². The van der Waals surface area contributed by atoms with Gasteiger partial charge in [-0.15, -0.1) is 0 Å². The highest BCUT2D eigenvalue weighted by atomic mass is 16.6. The number of likely N-dealkylation sites (tertiary alicyclic amines) is 1. The molecule has 2 aliphatic rings. The molecule has 2 aromatic carbocycles. The van der Waals surface area contributed by atoms with Crippen LogP contribution in [0.15, 0.2) is 48.5 Å². The third-order valence-electron chi connectivity index (χ3n) is 6.38. The number of benzene rings is 2. The van der Waals surface area contributed by atoms with Crippen molar-refractivity contribution in [3.05, 3.63) is 59.7 Å². The summed E-state index contributed by atoms with van der Waals surface area (Å²) in [6, 6.07) is 16.5. The van der Waals surface area contributed by atoms with Gasteiger partial charge in [0.1, 0.15) is 6.61 Å². The second kappa shape index (κ2) is 8.27. The second-order valence-corrected chi connectivity index (χ2v) is 8.01. The number of carbonyl (C=O) groups excluding carboxylic acids is 1. The van der Waals surface area contributed by atoms with Crippen molar-refractivity contribution in [2.45, 2.75) is 32.1 Å². The molecule has 2 unspecified atom stereocenters. The molecule has 0 bridgehead atoms. The van der Waals surface area contributed by atoms with Gasteiger partial charge in [-0.05, 0) is 47.4 Å². The van der Waals surface area contributed by atoms with E-state index in [2.05, 4.69) is 24.3 Å². The van der Waals surface area contributed by atoms with Crippen molar-refractivity contribution < 1.29 is 19.4 Å². The first kappa shape index (κ1) is 19.5. The molecule has 5 heteroatoms. The van der Waals surface area contributed by atoms with Gasteiger partial charge in [-0.1, -0.05) is 55.5 Å².